The summed E-state index contributed by atoms with van der Waals surface area (Å²) in [5.74, 6) is 0.529. The van der Waals surface area contributed by atoms with Gasteiger partial charge in [0.15, 0.2) is 5.82 Å². The third-order valence-electron chi connectivity index (χ3n) is 1.31. The number of aromatic nitrogens is 2. The molecule has 0 unspecified atom stereocenters. The van der Waals surface area contributed by atoms with Crippen molar-refractivity contribution in [1.82, 2.24) is 9.97 Å². The topological polar surface area (TPSA) is 76.5 Å². The highest BCUT2D eigenvalue weighted by molar-refractivity contribution is 5.65. The third kappa shape index (κ3) is 1.31. The second-order valence-electron chi connectivity index (χ2n) is 1.92. The van der Waals surface area contributed by atoms with E-state index in [9.17, 15) is 4.91 Å². The zero-order chi connectivity index (χ0) is 8.97. The fourth-order valence-corrected chi connectivity index (χ4v) is 0.777. The summed E-state index contributed by atoms with van der Waals surface area (Å²) in [6, 6.07) is 0. The second-order valence-corrected chi connectivity index (χ2v) is 1.92. The Bertz CT molecular complexity index is 267. The van der Waals surface area contributed by atoms with Crippen LogP contribution in [0.5, 0.6) is 5.88 Å². The van der Waals surface area contributed by atoms with E-state index in [1.807, 2.05) is 0 Å². The Labute approximate surface area is 69.0 Å². The Kier molecular flexibility index (Phi) is 2.52. The summed E-state index contributed by atoms with van der Waals surface area (Å²) >= 11 is 0. The van der Waals surface area contributed by atoms with E-state index in [1.165, 1.54) is 13.4 Å². The van der Waals surface area contributed by atoms with Crippen molar-refractivity contribution in [3.8, 4) is 5.88 Å². The minimum absolute atomic E-state index is 0.0856. The van der Waals surface area contributed by atoms with Crippen molar-refractivity contribution in [3.63, 3.8) is 0 Å². The van der Waals surface area contributed by atoms with Gasteiger partial charge in [-0.25, -0.2) is 4.98 Å². The minimum Gasteiger partial charge on any atom is -0.479 e. The second kappa shape index (κ2) is 3.61. The van der Waals surface area contributed by atoms with Gasteiger partial charge in [0.1, 0.15) is 6.33 Å². The molecule has 6 nitrogen and oxygen atoms in total. The molecule has 0 saturated carbocycles. The van der Waals surface area contributed by atoms with Gasteiger partial charge < -0.3 is 10.1 Å². The first-order chi connectivity index (χ1) is 5.83. The number of nitroso groups, excluding NO2 is 1. The molecule has 12 heavy (non-hydrogen) atoms. The van der Waals surface area contributed by atoms with Gasteiger partial charge in [0, 0.05) is 7.05 Å². The van der Waals surface area contributed by atoms with Crippen LogP contribution in [0.3, 0.4) is 0 Å². The Hall–Kier alpha value is -1.72. The van der Waals surface area contributed by atoms with E-state index in [2.05, 4.69) is 20.5 Å². The molecule has 1 N–H and O–H groups in total. The molecule has 1 rings (SSSR count). The van der Waals surface area contributed by atoms with Crippen molar-refractivity contribution in [1.29, 1.82) is 0 Å². The molecule has 1 aromatic rings. The van der Waals surface area contributed by atoms with Gasteiger partial charge in [-0.2, -0.15) is 4.98 Å². The van der Waals surface area contributed by atoms with Crippen molar-refractivity contribution < 1.29 is 4.74 Å². The first-order valence-corrected chi connectivity index (χ1v) is 3.23. The molecule has 1 heterocycles. The molecule has 6 heteroatoms. The van der Waals surface area contributed by atoms with Crippen LogP contribution in [0.4, 0.5) is 11.5 Å². The lowest BCUT2D eigenvalue weighted by atomic mass is 10.4. The van der Waals surface area contributed by atoms with Crippen molar-refractivity contribution in [2.45, 2.75) is 0 Å². The predicted molar refractivity (Wildman–Crippen MR) is 43.6 cm³/mol. The van der Waals surface area contributed by atoms with Gasteiger partial charge in [-0.05, 0) is 5.18 Å². The summed E-state index contributed by atoms with van der Waals surface area (Å²) < 4.78 is 4.79. The number of rotatable bonds is 3. The summed E-state index contributed by atoms with van der Waals surface area (Å²) in [6.45, 7) is 0. The zero-order valence-electron chi connectivity index (χ0n) is 6.74. The van der Waals surface area contributed by atoms with Crippen LogP contribution in [0, 0.1) is 4.91 Å². The minimum atomic E-state index is 0.0856. The molecule has 64 valence electrons. The van der Waals surface area contributed by atoms with Crippen molar-refractivity contribution in [2.24, 2.45) is 5.18 Å². The van der Waals surface area contributed by atoms with Crippen LogP contribution in [-0.4, -0.2) is 24.1 Å². The average molecular weight is 168 g/mol. The van der Waals surface area contributed by atoms with Gasteiger partial charge in [-0.3, -0.25) is 0 Å². The van der Waals surface area contributed by atoms with Gasteiger partial charge >= 0.3 is 0 Å². The van der Waals surface area contributed by atoms with E-state index in [4.69, 9.17) is 4.74 Å². The van der Waals surface area contributed by atoms with Gasteiger partial charge in [-0.1, -0.05) is 0 Å². The maximum absolute atomic E-state index is 10.3. The Morgan fingerprint density at radius 2 is 2.33 bits per heavy atom. The van der Waals surface area contributed by atoms with Gasteiger partial charge in [-0.15, -0.1) is 4.91 Å². The summed E-state index contributed by atoms with van der Waals surface area (Å²) in [7, 11) is 3.05. The molecule has 0 saturated heterocycles. The molecule has 0 aliphatic heterocycles. The maximum Gasteiger partial charge on any atom is 0.248 e. The molecular formula is C6H8N4O2. The quantitative estimate of drug-likeness (QED) is 0.679. The highest BCUT2D eigenvalue weighted by atomic mass is 16.5. The van der Waals surface area contributed by atoms with E-state index in [1.54, 1.807) is 7.05 Å². The van der Waals surface area contributed by atoms with E-state index < -0.39 is 0 Å². The highest BCUT2D eigenvalue weighted by Gasteiger charge is 2.10. The Balaban J connectivity index is 3.21. The number of anilines is 1. The number of hydrogen-bond acceptors (Lipinski definition) is 6. The number of nitrogens with one attached hydrogen (secondary N) is 1. The standard InChI is InChI=1S/C6H8N4O2/c1-7-5-4(10-11)6(12-2)9-3-8-5/h3H,1-2H3,(H,7,8,9). The van der Waals surface area contributed by atoms with Crippen molar-refractivity contribution in [2.75, 3.05) is 19.5 Å². The molecular weight excluding hydrogens is 160 g/mol. The van der Waals surface area contributed by atoms with Gasteiger partial charge in [0.05, 0.1) is 7.11 Å². The number of nitrogens with zero attached hydrogens (tertiary/aromatic N) is 3. The molecule has 1 aromatic heterocycles. The highest BCUT2D eigenvalue weighted by Crippen LogP contribution is 2.30. The molecule has 0 fully saturated rings. The van der Waals surface area contributed by atoms with E-state index in [0.717, 1.165) is 0 Å². The third-order valence-corrected chi connectivity index (χ3v) is 1.31. The maximum atomic E-state index is 10.3. The molecule has 0 aliphatic carbocycles. The Morgan fingerprint density at radius 1 is 1.58 bits per heavy atom. The first kappa shape index (κ1) is 8.38. The monoisotopic (exact) mass is 168 g/mol. The van der Waals surface area contributed by atoms with Crippen LogP contribution in [-0.2, 0) is 0 Å². The van der Waals surface area contributed by atoms with Gasteiger partial charge in [0.2, 0.25) is 11.6 Å². The van der Waals surface area contributed by atoms with Crippen molar-refractivity contribution >= 4 is 11.5 Å². The summed E-state index contributed by atoms with van der Waals surface area (Å²) in [5, 5.41) is 5.45. The lowest BCUT2D eigenvalue weighted by Gasteiger charge is -2.03. The van der Waals surface area contributed by atoms with E-state index in [0.29, 0.717) is 5.82 Å². The average Bonchev–Trinajstić information content (AvgIpc) is 2.16. The molecule has 0 spiro atoms. The SMILES string of the molecule is CNc1ncnc(OC)c1N=O. The van der Waals surface area contributed by atoms with Crippen LogP contribution in [0.1, 0.15) is 0 Å². The van der Waals surface area contributed by atoms with Crippen LogP contribution < -0.4 is 10.1 Å². The molecule has 0 aromatic carbocycles. The number of hydrogen-bond donors (Lipinski definition) is 1. The lowest BCUT2D eigenvalue weighted by Crippen LogP contribution is -1.96. The van der Waals surface area contributed by atoms with Crippen LogP contribution in [0.2, 0.25) is 0 Å². The molecule has 0 atom stereocenters. The lowest BCUT2D eigenvalue weighted by molar-refractivity contribution is 0.398. The summed E-state index contributed by atoms with van der Waals surface area (Å²) in [5.41, 5.74) is 0.0856. The predicted octanol–water partition coefficient (Wildman–Crippen LogP) is 0.925. The summed E-state index contributed by atoms with van der Waals surface area (Å²) in [6.07, 6.45) is 1.29. The summed E-state index contributed by atoms with van der Waals surface area (Å²) in [4.78, 5) is 17.8. The van der Waals surface area contributed by atoms with Crippen molar-refractivity contribution in [3.05, 3.63) is 11.2 Å². The smallest absolute Gasteiger partial charge is 0.248 e. The molecule has 0 bridgehead atoms. The fraction of sp³-hybridized carbons (Fsp3) is 0.333. The molecule has 0 radical (unpaired) electrons. The molecule has 0 amide bonds. The van der Waals surface area contributed by atoms with E-state index in [-0.39, 0.29) is 11.6 Å². The van der Waals surface area contributed by atoms with Gasteiger partial charge in [0.25, 0.3) is 0 Å². The first-order valence-electron chi connectivity index (χ1n) is 3.23. The largest absolute Gasteiger partial charge is 0.479 e. The zero-order valence-corrected chi connectivity index (χ0v) is 6.74. The van der Waals surface area contributed by atoms with Crippen LogP contribution in [0.25, 0.3) is 0 Å². The normalized spacial score (nSPS) is 9.17. The number of ether oxygens (including phenoxy) is 1. The van der Waals surface area contributed by atoms with E-state index >= 15 is 0 Å². The van der Waals surface area contributed by atoms with Crippen LogP contribution in [0.15, 0.2) is 11.5 Å². The number of methoxy groups -OCH3 is 1. The van der Waals surface area contributed by atoms with Crippen LogP contribution >= 0.6 is 0 Å². The fourth-order valence-electron chi connectivity index (χ4n) is 0.777. The Morgan fingerprint density at radius 3 is 2.83 bits per heavy atom. The molecule has 0 aliphatic rings.